The molecule has 1 heterocycles. The van der Waals surface area contributed by atoms with Gasteiger partial charge < -0.3 is 10.3 Å². The minimum atomic E-state index is 0.186. The van der Waals surface area contributed by atoms with Gasteiger partial charge >= 0.3 is 0 Å². The minimum absolute atomic E-state index is 0.186. The van der Waals surface area contributed by atoms with Crippen LogP contribution in [0.5, 0.6) is 0 Å². The van der Waals surface area contributed by atoms with E-state index < -0.39 is 0 Å². The van der Waals surface area contributed by atoms with Crippen LogP contribution in [0.1, 0.15) is 43.5 Å². The summed E-state index contributed by atoms with van der Waals surface area (Å²) < 4.78 is 0. The number of nitrogens with one attached hydrogen (secondary N) is 2. The average Bonchev–Trinajstić information content (AvgIpc) is 2.74. The first-order valence-corrected chi connectivity index (χ1v) is 7.92. The molecule has 0 radical (unpaired) electrons. The third-order valence-electron chi connectivity index (χ3n) is 4.30. The number of aromatic nitrogens is 1. The van der Waals surface area contributed by atoms with Crippen LogP contribution in [0.15, 0.2) is 18.2 Å². The number of aromatic amines is 1. The fourth-order valence-corrected chi connectivity index (χ4v) is 3.32. The summed E-state index contributed by atoms with van der Waals surface area (Å²) >= 11 is 0. The summed E-state index contributed by atoms with van der Waals surface area (Å²) in [7, 11) is 0. The van der Waals surface area contributed by atoms with Crippen molar-refractivity contribution in [2.75, 3.05) is 0 Å². The van der Waals surface area contributed by atoms with Crippen LogP contribution < -0.4 is 5.32 Å². The van der Waals surface area contributed by atoms with E-state index in [-0.39, 0.29) is 11.9 Å². The molecule has 1 aromatic carbocycles. The third kappa shape index (κ3) is 2.97. The zero-order valence-corrected chi connectivity index (χ0v) is 13.1. The summed E-state index contributed by atoms with van der Waals surface area (Å²) in [5.41, 5.74) is 5.27. The lowest BCUT2D eigenvalue weighted by atomic mass is 9.91. The fourth-order valence-electron chi connectivity index (χ4n) is 3.32. The van der Waals surface area contributed by atoms with Crippen molar-refractivity contribution in [2.45, 2.75) is 52.5 Å². The molecule has 1 aliphatic rings. The maximum Gasteiger partial charge on any atom is 0.220 e. The van der Waals surface area contributed by atoms with Crippen LogP contribution in [0.25, 0.3) is 10.9 Å². The molecule has 112 valence electrons. The number of aryl methyl sites for hydroxylation is 2. The van der Waals surface area contributed by atoms with Gasteiger partial charge in [-0.15, -0.1) is 0 Å². The molecule has 21 heavy (non-hydrogen) atoms. The largest absolute Gasteiger partial charge is 0.358 e. The van der Waals surface area contributed by atoms with E-state index in [0.29, 0.717) is 12.3 Å². The van der Waals surface area contributed by atoms with Crippen LogP contribution in [0.4, 0.5) is 0 Å². The summed E-state index contributed by atoms with van der Waals surface area (Å²) in [6, 6.07) is 6.85. The maximum atomic E-state index is 11.9. The molecule has 1 unspecified atom stereocenters. The number of benzene rings is 1. The second-order valence-electron chi connectivity index (χ2n) is 6.74. The number of H-pyrrole nitrogens is 1. The molecule has 2 N–H and O–H groups in total. The molecule has 0 spiro atoms. The Hall–Kier alpha value is -1.77. The first kappa shape index (κ1) is 14.2. The Kier molecular flexibility index (Phi) is 3.75. The molecule has 0 saturated carbocycles. The molecule has 3 nitrogen and oxygen atoms in total. The van der Waals surface area contributed by atoms with E-state index in [1.54, 1.807) is 0 Å². The van der Waals surface area contributed by atoms with Crippen molar-refractivity contribution < 1.29 is 4.79 Å². The second-order valence-corrected chi connectivity index (χ2v) is 6.74. The number of hydrogen-bond donors (Lipinski definition) is 2. The van der Waals surface area contributed by atoms with Crippen molar-refractivity contribution in [2.24, 2.45) is 5.92 Å². The lowest BCUT2D eigenvalue weighted by Crippen LogP contribution is -2.39. The van der Waals surface area contributed by atoms with Crippen molar-refractivity contribution in [1.29, 1.82) is 0 Å². The van der Waals surface area contributed by atoms with Crippen LogP contribution in [0, 0.1) is 12.8 Å². The lowest BCUT2D eigenvalue weighted by Gasteiger charge is -2.24. The highest BCUT2D eigenvalue weighted by molar-refractivity contribution is 5.85. The Morgan fingerprint density at radius 2 is 2.24 bits per heavy atom. The Labute approximate surface area is 126 Å². The van der Waals surface area contributed by atoms with Gasteiger partial charge in [0.15, 0.2) is 0 Å². The van der Waals surface area contributed by atoms with Gasteiger partial charge in [-0.2, -0.15) is 0 Å². The number of rotatable bonds is 3. The molecule has 3 heteroatoms. The van der Waals surface area contributed by atoms with Gasteiger partial charge in [0.2, 0.25) is 5.91 Å². The van der Waals surface area contributed by atoms with E-state index in [2.05, 4.69) is 49.3 Å². The number of carbonyl (C=O) groups excluding carboxylic acids is 1. The van der Waals surface area contributed by atoms with Crippen molar-refractivity contribution in [1.82, 2.24) is 10.3 Å². The van der Waals surface area contributed by atoms with Gasteiger partial charge in [-0.25, -0.2) is 0 Å². The predicted molar refractivity (Wildman–Crippen MR) is 86.4 cm³/mol. The summed E-state index contributed by atoms with van der Waals surface area (Å²) in [6.07, 6.45) is 3.63. The van der Waals surface area contributed by atoms with E-state index >= 15 is 0 Å². The summed E-state index contributed by atoms with van der Waals surface area (Å²) in [5.74, 6) is 0.602. The molecule has 0 bridgehead atoms. The molecule has 1 amide bonds. The molecule has 0 fully saturated rings. The van der Waals surface area contributed by atoms with Crippen molar-refractivity contribution in [3.05, 3.63) is 35.0 Å². The SMILES string of the molecule is Cc1ccc2[nH]c3c(c2c1)CCC(NC(=O)CC(C)C)C3. The standard InChI is InChI=1S/C18H24N2O/c1-11(2)8-18(21)19-13-5-6-14-15-9-12(3)4-7-16(15)20-17(14)10-13/h4,7,9,11,13,20H,5-6,8,10H2,1-3H3,(H,19,21). The van der Waals surface area contributed by atoms with Crippen LogP contribution in [0.3, 0.4) is 0 Å². The first-order chi connectivity index (χ1) is 10.0. The topological polar surface area (TPSA) is 44.9 Å². The van der Waals surface area contributed by atoms with Crippen molar-refractivity contribution in [3.8, 4) is 0 Å². The van der Waals surface area contributed by atoms with E-state index in [4.69, 9.17) is 0 Å². The molecule has 0 aliphatic heterocycles. The van der Waals surface area contributed by atoms with E-state index in [1.807, 2.05) is 0 Å². The lowest BCUT2D eigenvalue weighted by molar-refractivity contribution is -0.122. The molecule has 1 aromatic heterocycles. The molecule has 1 aliphatic carbocycles. The molecule has 1 atom stereocenters. The van der Waals surface area contributed by atoms with Gasteiger partial charge in [0.25, 0.3) is 0 Å². The molecular formula is C18H24N2O. The average molecular weight is 284 g/mol. The highest BCUT2D eigenvalue weighted by atomic mass is 16.1. The van der Waals surface area contributed by atoms with Crippen molar-refractivity contribution in [3.63, 3.8) is 0 Å². The van der Waals surface area contributed by atoms with Gasteiger partial charge in [0.1, 0.15) is 0 Å². The smallest absolute Gasteiger partial charge is 0.220 e. The van der Waals surface area contributed by atoms with Crippen LogP contribution in [-0.2, 0) is 17.6 Å². The van der Waals surface area contributed by atoms with Crippen LogP contribution >= 0.6 is 0 Å². The van der Waals surface area contributed by atoms with E-state index in [0.717, 1.165) is 19.3 Å². The van der Waals surface area contributed by atoms with Crippen LogP contribution in [-0.4, -0.2) is 16.9 Å². The second kappa shape index (κ2) is 5.55. The van der Waals surface area contributed by atoms with Gasteiger partial charge in [-0.05, 0) is 43.4 Å². The van der Waals surface area contributed by atoms with Gasteiger partial charge in [-0.3, -0.25) is 4.79 Å². The van der Waals surface area contributed by atoms with Gasteiger partial charge in [-0.1, -0.05) is 25.5 Å². The maximum absolute atomic E-state index is 11.9. The highest BCUT2D eigenvalue weighted by Gasteiger charge is 2.23. The quantitative estimate of drug-likeness (QED) is 0.890. The number of hydrogen-bond acceptors (Lipinski definition) is 1. The molecule has 0 saturated heterocycles. The fraction of sp³-hybridized carbons (Fsp3) is 0.500. The Morgan fingerprint density at radius 1 is 1.43 bits per heavy atom. The zero-order chi connectivity index (χ0) is 15.0. The minimum Gasteiger partial charge on any atom is -0.358 e. The monoisotopic (exact) mass is 284 g/mol. The summed E-state index contributed by atoms with van der Waals surface area (Å²) in [5, 5.41) is 4.55. The van der Waals surface area contributed by atoms with E-state index in [9.17, 15) is 4.79 Å². The highest BCUT2D eigenvalue weighted by Crippen LogP contribution is 2.29. The van der Waals surface area contributed by atoms with Crippen molar-refractivity contribution >= 4 is 16.8 Å². The first-order valence-electron chi connectivity index (χ1n) is 7.92. The normalized spacial score (nSPS) is 18.0. The number of carbonyl (C=O) groups is 1. The molecule has 2 aromatic rings. The number of amides is 1. The summed E-state index contributed by atoms with van der Waals surface area (Å²) in [6.45, 7) is 6.30. The number of fused-ring (bicyclic) bond motifs is 3. The third-order valence-corrected chi connectivity index (χ3v) is 4.30. The van der Waals surface area contributed by atoms with Gasteiger partial charge in [0, 0.05) is 35.5 Å². The van der Waals surface area contributed by atoms with E-state index in [1.165, 1.54) is 27.7 Å². The zero-order valence-electron chi connectivity index (χ0n) is 13.1. The van der Waals surface area contributed by atoms with Gasteiger partial charge in [0.05, 0.1) is 0 Å². The van der Waals surface area contributed by atoms with Crippen LogP contribution in [0.2, 0.25) is 0 Å². The Balaban J connectivity index is 1.77. The molecule has 3 rings (SSSR count). The predicted octanol–water partition coefficient (Wildman–Crippen LogP) is 3.50. The molecular weight excluding hydrogens is 260 g/mol. The Bertz CT molecular complexity index is 669. The Morgan fingerprint density at radius 3 is 3.00 bits per heavy atom. The summed E-state index contributed by atoms with van der Waals surface area (Å²) in [4.78, 5) is 15.5.